The lowest BCUT2D eigenvalue weighted by molar-refractivity contribution is 0.404. The predicted molar refractivity (Wildman–Crippen MR) is 55.8 cm³/mol. The van der Waals surface area contributed by atoms with Crippen LogP contribution in [0.15, 0.2) is 18.2 Å². The van der Waals surface area contributed by atoms with Gasteiger partial charge in [0.05, 0.1) is 10.2 Å². The van der Waals surface area contributed by atoms with Crippen molar-refractivity contribution >= 4 is 21.6 Å². The predicted octanol–water partition coefficient (Wildman–Crippen LogP) is 2.16. The van der Waals surface area contributed by atoms with Crippen LogP contribution in [-0.2, 0) is 6.54 Å². The molecule has 0 aliphatic heterocycles. The van der Waals surface area contributed by atoms with Crippen molar-refractivity contribution in [3.63, 3.8) is 0 Å². The molecule has 2 rings (SSSR count). The maximum Gasteiger partial charge on any atom is 0.153 e. The molecule has 2 nitrogen and oxygen atoms in total. The zero-order valence-corrected chi connectivity index (χ0v) is 8.56. The molecule has 1 aromatic carbocycles. The molecule has 0 bridgehead atoms. The Hall–Kier alpha value is -0.930. The van der Waals surface area contributed by atoms with Crippen LogP contribution < -0.4 is 0 Å². The van der Waals surface area contributed by atoms with E-state index in [2.05, 4.69) is 47.7 Å². The Morgan fingerprint density at radius 2 is 2.31 bits per heavy atom. The SMILES string of the molecule is CN(C)Cc1cccc2s[c]nc12. The van der Waals surface area contributed by atoms with E-state index in [0.29, 0.717) is 0 Å². The summed E-state index contributed by atoms with van der Waals surface area (Å²) in [6, 6.07) is 6.28. The molecule has 67 valence electrons. The van der Waals surface area contributed by atoms with Gasteiger partial charge in [-0.15, -0.1) is 11.3 Å². The van der Waals surface area contributed by atoms with E-state index >= 15 is 0 Å². The molecule has 0 saturated carbocycles. The van der Waals surface area contributed by atoms with Gasteiger partial charge < -0.3 is 4.90 Å². The third-order valence-corrected chi connectivity index (χ3v) is 2.61. The molecule has 0 aliphatic carbocycles. The van der Waals surface area contributed by atoms with Crippen LogP contribution in [0.25, 0.3) is 10.2 Å². The van der Waals surface area contributed by atoms with Crippen molar-refractivity contribution in [2.45, 2.75) is 6.54 Å². The van der Waals surface area contributed by atoms with E-state index in [9.17, 15) is 0 Å². The first-order chi connectivity index (χ1) is 6.27. The Balaban J connectivity index is 2.48. The molecular weight excluding hydrogens is 180 g/mol. The van der Waals surface area contributed by atoms with Crippen molar-refractivity contribution in [3.8, 4) is 0 Å². The second-order valence-electron chi connectivity index (χ2n) is 3.31. The van der Waals surface area contributed by atoms with Crippen molar-refractivity contribution in [1.29, 1.82) is 0 Å². The number of hydrogen-bond donors (Lipinski definition) is 0. The lowest BCUT2D eigenvalue weighted by Gasteiger charge is -2.09. The second-order valence-corrected chi connectivity index (χ2v) is 4.13. The maximum atomic E-state index is 4.24. The highest BCUT2D eigenvalue weighted by Gasteiger charge is 2.03. The van der Waals surface area contributed by atoms with E-state index in [0.717, 1.165) is 12.1 Å². The molecule has 1 heterocycles. The average Bonchev–Trinajstić information content (AvgIpc) is 2.51. The molecule has 0 spiro atoms. The molecule has 3 heteroatoms. The largest absolute Gasteiger partial charge is 0.305 e. The Labute approximate surface area is 81.8 Å². The first kappa shape index (κ1) is 8.66. The average molecular weight is 191 g/mol. The van der Waals surface area contributed by atoms with Crippen molar-refractivity contribution in [2.75, 3.05) is 14.1 Å². The van der Waals surface area contributed by atoms with Crippen LogP contribution in [0.2, 0.25) is 0 Å². The summed E-state index contributed by atoms with van der Waals surface area (Å²) in [6.45, 7) is 0.939. The van der Waals surface area contributed by atoms with Gasteiger partial charge in [-0.25, -0.2) is 4.98 Å². The number of fused-ring (bicyclic) bond motifs is 1. The minimum absolute atomic E-state index is 0.939. The zero-order valence-electron chi connectivity index (χ0n) is 7.74. The number of thiazole rings is 1. The van der Waals surface area contributed by atoms with Gasteiger partial charge in [-0.1, -0.05) is 12.1 Å². The molecule has 0 N–H and O–H groups in total. The Morgan fingerprint density at radius 3 is 3.08 bits per heavy atom. The number of nitrogens with zero attached hydrogens (tertiary/aromatic N) is 2. The van der Waals surface area contributed by atoms with Gasteiger partial charge in [-0.3, -0.25) is 0 Å². The van der Waals surface area contributed by atoms with E-state index in [4.69, 9.17) is 0 Å². The van der Waals surface area contributed by atoms with Gasteiger partial charge in [0.2, 0.25) is 0 Å². The van der Waals surface area contributed by atoms with Gasteiger partial charge in [-0.05, 0) is 25.7 Å². The molecular formula is C10H11N2S. The summed E-state index contributed by atoms with van der Waals surface area (Å²) in [6.07, 6.45) is 0. The smallest absolute Gasteiger partial charge is 0.153 e. The van der Waals surface area contributed by atoms with Crippen LogP contribution in [0.5, 0.6) is 0 Å². The molecule has 2 aromatic rings. The fourth-order valence-electron chi connectivity index (χ4n) is 1.36. The molecule has 1 aromatic heterocycles. The quantitative estimate of drug-likeness (QED) is 0.723. The number of rotatable bonds is 2. The Morgan fingerprint density at radius 1 is 1.46 bits per heavy atom. The van der Waals surface area contributed by atoms with Crippen molar-refractivity contribution < 1.29 is 0 Å². The molecule has 0 atom stereocenters. The molecule has 0 amide bonds. The van der Waals surface area contributed by atoms with Gasteiger partial charge in [0.25, 0.3) is 0 Å². The first-order valence-electron chi connectivity index (χ1n) is 4.16. The van der Waals surface area contributed by atoms with Gasteiger partial charge in [0.1, 0.15) is 0 Å². The van der Waals surface area contributed by atoms with E-state index in [1.54, 1.807) is 11.3 Å². The first-order valence-corrected chi connectivity index (χ1v) is 4.98. The number of hydrogen-bond acceptors (Lipinski definition) is 3. The summed E-state index contributed by atoms with van der Waals surface area (Å²) in [5.41, 5.74) is 5.30. The number of benzene rings is 1. The maximum absolute atomic E-state index is 4.24. The lowest BCUT2D eigenvalue weighted by atomic mass is 10.2. The topological polar surface area (TPSA) is 16.1 Å². The fraction of sp³-hybridized carbons (Fsp3) is 0.300. The minimum Gasteiger partial charge on any atom is -0.305 e. The van der Waals surface area contributed by atoms with Crippen LogP contribution >= 0.6 is 11.3 Å². The summed E-state index contributed by atoms with van der Waals surface area (Å²) < 4.78 is 1.22. The van der Waals surface area contributed by atoms with Crippen LogP contribution in [-0.4, -0.2) is 24.0 Å². The van der Waals surface area contributed by atoms with E-state index in [1.165, 1.54) is 10.3 Å². The monoisotopic (exact) mass is 191 g/mol. The molecule has 13 heavy (non-hydrogen) atoms. The highest BCUT2D eigenvalue weighted by atomic mass is 32.1. The normalized spacial score (nSPS) is 11.3. The van der Waals surface area contributed by atoms with Crippen molar-refractivity contribution in [2.24, 2.45) is 0 Å². The summed E-state index contributed by atoms with van der Waals surface area (Å²) in [7, 11) is 4.13. The molecule has 1 radical (unpaired) electrons. The second kappa shape index (κ2) is 3.44. The molecule has 0 aliphatic rings. The molecule has 0 unspecified atom stereocenters. The van der Waals surface area contributed by atoms with Crippen molar-refractivity contribution in [1.82, 2.24) is 9.88 Å². The van der Waals surface area contributed by atoms with Gasteiger partial charge in [0, 0.05) is 6.54 Å². The summed E-state index contributed by atoms with van der Waals surface area (Å²) >= 11 is 1.57. The highest BCUT2D eigenvalue weighted by Crippen LogP contribution is 2.21. The highest BCUT2D eigenvalue weighted by molar-refractivity contribution is 7.16. The third-order valence-electron chi connectivity index (χ3n) is 1.88. The summed E-state index contributed by atoms with van der Waals surface area (Å²) in [5, 5.41) is 0. The zero-order chi connectivity index (χ0) is 9.26. The molecule has 0 saturated heterocycles. The fourth-order valence-corrected chi connectivity index (χ4v) is 2.02. The minimum atomic E-state index is 0.939. The van der Waals surface area contributed by atoms with Gasteiger partial charge in [0.15, 0.2) is 5.51 Å². The van der Waals surface area contributed by atoms with Crippen LogP contribution in [0.4, 0.5) is 0 Å². The van der Waals surface area contributed by atoms with Crippen LogP contribution in [0.1, 0.15) is 5.56 Å². The number of aromatic nitrogens is 1. The van der Waals surface area contributed by atoms with E-state index in [1.807, 2.05) is 0 Å². The van der Waals surface area contributed by atoms with Gasteiger partial charge >= 0.3 is 0 Å². The summed E-state index contributed by atoms with van der Waals surface area (Å²) in [5.74, 6) is 0. The van der Waals surface area contributed by atoms with Crippen LogP contribution in [0.3, 0.4) is 0 Å². The third kappa shape index (κ3) is 1.71. The Kier molecular flexibility index (Phi) is 2.29. The number of para-hydroxylation sites is 1. The van der Waals surface area contributed by atoms with E-state index < -0.39 is 0 Å². The summed E-state index contributed by atoms with van der Waals surface area (Å²) in [4.78, 5) is 6.39. The van der Waals surface area contributed by atoms with Crippen molar-refractivity contribution in [3.05, 3.63) is 29.3 Å². The van der Waals surface area contributed by atoms with Gasteiger partial charge in [-0.2, -0.15) is 0 Å². The standard InChI is InChI=1S/C10H11N2S/c1-12(2)6-8-4-3-5-9-10(8)11-7-13-9/h3-5H,6H2,1-2H3. The molecule has 0 fully saturated rings. The lowest BCUT2D eigenvalue weighted by Crippen LogP contribution is -2.10. The van der Waals surface area contributed by atoms with E-state index in [-0.39, 0.29) is 0 Å². The Bertz CT molecular complexity index is 406. The van der Waals surface area contributed by atoms with Crippen LogP contribution in [0, 0.1) is 5.51 Å².